The second-order valence-corrected chi connectivity index (χ2v) is 6.42. The standard InChI is InChI=1S/C20H12N4O7/c25-19-11(7-13(23(27)28)9-16(19)24(29)30)10-21-12-5-6-17-14(8-12)20(26)22-15-3-1-2-4-18(15)31-17/h1-10H,(H2-,21,22,25,26,29,30)/p+1. The fourth-order valence-corrected chi connectivity index (χ4v) is 2.95. The molecule has 0 unspecified atom stereocenters. The van der Waals surface area contributed by atoms with Crippen LogP contribution >= 0.6 is 0 Å². The van der Waals surface area contributed by atoms with Gasteiger partial charge < -0.3 is 15.2 Å². The number of nitro benzene ring substituents is 1. The maximum absolute atomic E-state index is 12.6. The molecule has 0 bridgehead atoms. The Labute approximate surface area is 173 Å². The molecule has 0 spiro atoms. The van der Waals surface area contributed by atoms with Gasteiger partial charge in [-0.15, -0.1) is 0 Å². The number of nitrogens with zero attached hydrogens (tertiary/aromatic N) is 3. The number of phenols is 1. The summed E-state index contributed by atoms with van der Waals surface area (Å²) in [6, 6.07) is 13.2. The van der Waals surface area contributed by atoms with Crippen molar-refractivity contribution in [3.8, 4) is 17.2 Å². The first-order valence-corrected chi connectivity index (χ1v) is 8.77. The monoisotopic (exact) mass is 421 g/mol. The number of hydrogen-bond acceptors (Lipinski definition) is 7. The zero-order valence-electron chi connectivity index (χ0n) is 15.6. The van der Waals surface area contributed by atoms with Crippen LogP contribution in [0, 0.1) is 15.0 Å². The Balaban J connectivity index is 1.70. The summed E-state index contributed by atoms with van der Waals surface area (Å²) >= 11 is 0. The molecule has 0 saturated carbocycles. The number of aliphatic imine (C=N–C) groups is 1. The number of amides is 1. The molecule has 3 N–H and O–H groups in total. The number of anilines is 1. The zero-order valence-corrected chi connectivity index (χ0v) is 15.6. The molecule has 1 aliphatic rings. The lowest BCUT2D eigenvalue weighted by Crippen LogP contribution is -2.10. The van der Waals surface area contributed by atoms with Crippen LogP contribution in [0.5, 0.6) is 17.2 Å². The molecule has 31 heavy (non-hydrogen) atoms. The normalized spacial score (nSPS) is 12.3. The highest BCUT2D eigenvalue weighted by atomic mass is 16.6. The van der Waals surface area contributed by atoms with Crippen molar-refractivity contribution in [2.45, 2.75) is 0 Å². The highest BCUT2D eigenvalue weighted by Crippen LogP contribution is 2.37. The van der Waals surface area contributed by atoms with Gasteiger partial charge in [-0.3, -0.25) is 19.9 Å². The van der Waals surface area contributed by atoms with Gasteiger partial charge in [-0.05, 0) is 30.3 Å². The lowest BCUT2D eigenvalue weighted by Gasteiger charge is -2.07. The van der Waals surface area contributed by atoms with Gasteiger partial charge in [0.25, 0.3) is 16.5 Å². The molecule has 0 atom stereocenters. The predicted molar refractivity (Wildman–Crippen MR) is 108 cm³/mol. The van der Waals surface area contributed by atoms with E-state index >= 15 is 0 Å². The highest BCUT2D eigenvalue weighted by molar-refractivity contribution is 6.08. The van der Waals surface area contributed by atoms with Crippen molar-refractivity contribution in [3.63, 3.8) is 0 Å². The first-order chi connectivity index (χ1) is 14.8. The maximum Gasteiger partial charge on any atom is 0.365 e. The minimum atomic E-state index is -0.786. The number of fused-ring (bicyclic) bond motifs is 2. The van der Waals surface area contributed by atoms with E-state index in [0.29, 0.717) is 17.2 Å². The molecular weight excluding hydrogens is 408 g/mol. The summed E-state index contributed by atoms with van der Waals surface area (Å²) in [6.45, 7) is 0. The molecule has 3 aromatic carbocycles. The van der Waals surface area contributed by atoms with Crippen LogP contribution in [0.4, 0.5) is 22.7 Å². The van der Waals surface area contributed by atoms with E-state index in [2.05, 4.69) is 10.3 Å². The number of nitro groups is 1. The smallest absolute Gasteiger partial charge is 0.365 e. The molecule has 11 nitrogen and oxygen atoms in total. The van der Waals surface area contributed by atoms with Crippen molar-refractivity contribution < 1.29 is 29.7 Å². The van der Waals surface area contributed by atoms with E-state index in [0.717, 1.165) is 18.3 Å². The van der Waals surface area contributed by atoms with Crippen LogP contribution in [0.3, 0.4) is 0 Å². The van der Waals surface area contributed by atoms with Gasteiger partial charge in [0.2, 0.25) is 5.75 Å². The number of carbonyl (C=O) groups excluding carboxylic acids is 1. The number of rotatable bonds is 4. The Hall–Kier alpha value is -4.80. The van der Waals surface area contributed by atoms with Crippen LogP contribution in [0.15, 0.2) is 59.6 Å². The third kappa shape index (κ3) is 3.74. The summed E-state index contributed by atoms with van der Waals surface area (Å²) in [5.74, 6) is -0.326. The summed E-state index contributed by atoms with van der Waals surface area (Å²) in [5, 5.41) is 33.0. The first kappa shape index (κ1) is 19.5. The Morgan fingerprint density at radius 2 is 1.84 bits per heavy atom. The third-order valence-electron chi connectivity index (χ3n) is 4.44. The topological polar surface area (TPSA) is 154 Å². The van der Waals surface area contributed by atoms with E-state index in [1.807, 2.05) is 0 Å². The minimum Gasteiger partial charge on any atom is -0.502 e. The Kier molecular flexibility index (Phi) is 4.76. The van der Waals surface area contributed by atoms with Crippen molar-refractivity contribution in [2.75, 3.05) is 5.32 Å². The number of para-hydroxylation sites is 2. The van der Waals surface area contributed by atoms with Gasteiger partial charge in [0.05, 0.1) is 26.8 Å². The van der Waals surface area contributed by atoms with Crippen molar-refractivity contribution in [3.05, 3.63) is 80.7 Å². The summed E-state index contributed by atoms with van der Waals surface area (Å²) < 4.78 is 5.78. The Bertz CT molecular complexity index is 1290. The molecule has 0 saturated heterocycles. The molecule has 0 radical (unpaired) electrons. The lowest BCUT2D eigenvalue weighted by atomic mass is 10.1. The van der Waals surface area contributed by atoms with Crippen LogP contribution in [-0.4, -0.2) is 32.3 Å². The Morgan fingerprint density at radius 1 is 1.06 bits per heavy atom. The summed E-state index contributed by atoms with van der Waals surface area (Å²) in [5.41, 5.74) is -0.425. The SMILES string of the molecule is O=C1Nc2ccccc2Oc2ccc(/N=C/c3cc([N+](=O)[O-])cc([N+](=O)O)c3O)cc21. The van der Waals surface area contributed by atoms with E-state index in [1.165, 1.54) is 18.2 Å². The van der Waals surface area contributed by atoms with Crippen LogP contribution in [0.1, 0.15) is 15.9 Å². The van der Waals surface area contributed by atoms with Gasteiger partial charge >= 0.3 is 5.69 Å². The van der Waals surface area contributed by atoms with E-state index in [-0.39, 0.29) is 16.8 Å². The molecule has 0 aliphatic carbocycles. The molecular formula is C20H13N4O7+. The highest BCUT2D eigenvalue weighted by Gasteiger charge is 2.27. The number of hydrogen-bond donors (Lipinski definition) is 3. The van der Waals surface area contributed by atoms with E-state index < -0.39 is 32.9 Å². The molecule has 1 amide bonds. The zero-order chi connectivity index (χ0) is 22.1. The van der Waals surface area contributed by atoms with Gasteiger partial charge in [0.1, 0.15) is 11.8 Å². The summed E-state index contributed by atoms with van der Waals surface area (Å²) in [6.07, 6.45) is 1.07. The quantitative estimate of drug-likeness (QED) is 0.324. The van der Waals surface area contributed by atoms with E-state index in [9.17, 15) is 24.9 Å². The molecule has 154 valence electrons. The summed E-state index contributed by atoms with van der Waals surface area (Å²) in [4.78, 5) is 37.4. The second-order valence-electron chi connectivity index (χ2n) is 6.42. The fourth-order valence-electron chi connectivity index (χ4n) is 2.95. The van der Waals surface area contributed by atoms with Crippen molar-refractivity contribution in [1.29, 1.82) is 0 Å². The average molecular weight is 421 g/mol. The number of phenolic OH excluding ortho intramolecular Hbond substituents is 1. The van der Waals surface area contributed by atoms with Crippen molar-refractivity contribution in [2.24, 2.45) is 4.99 Å². The second kappa shape index (κ2) is 7.55. The number of nitrogens with one attached hydrogen (secondary N) is 1. The molecule has 0 fully saturated rings. The predicted octanol–water partition coefficient (Wildman–Crippen LogP) is 4.21. The molecule has 0 aromatic heterocycles. The molecule has 4 rings (SSSR count). The molecule has 11 heteroatoms. The largest absolute Gasteiger partial charge is 0.502 e. The van der Waals surface area contributed by atoms with Gasteiger partial charge in [-0.2, -0.15) is 0 Å². The number of aromatic hydroxyl groups is 1. The summed E-state index contributed by atoms with van der Waals surface area (Å²) in [7, 11) is 0. The first-order valence-electron chi connectivity index (χ1n) is 8.77. The lowest BCUT2D eigenvalue weighted by molar-refractivity contribution is -0.730. The van der Waals surface area contributed by atoms with Crippen LogP contribution in [-0.2, 0) is 0 Å². The van der Waals surface area contributed by atoms with Gasteiger partial charge in [-0.1, -0.05) is 12.1 Å². The van der Waals surface area contributed by atoms with Crippen LogP contribution in [0.25, 0.3) is 0 Å². The molecule has 1 aliphatic heterocycles. The Morgan fingerprint density at radius 3 is 2.58 bits per heavy atom. The molecule has 1 heterocycles. The van der Waals surface area contributed by atoms with E-state index in [4.69, 9.17) is 9.94 Å². The van der Waals surface area contributed by atoms with Crippen LogP contribution in [0.2, 0.25) is 0 Å². The fraction of sp³-hybridized carbons (Fsp3) is 0. The van der Waals surface area contributed by atoms with Gasteiger partial charge in [0.15, 0.2) is 5.75 Å². The number of carbonyl (C=O) groups is 1. The minimum absolute atomic E-state index is 0.179. The average Bonchev–Trinajstić information content (AvgIpc) is 2.88. The van der Waals surface area contributed by atoms with Crippen molar-refractivity contribution in [1.82, 2.24) is 0 Å². The number of ether oxygens (including phenoxy) is 1. The maximum atomic E-state index is 12.6. The third-order valence-corrected chi connectivity index (χ3v) is 4.44. The van der Waals surface area contributed by atoms with Crippen molar-refractivity contribution >= 4 is 34.9 Å². The van der Waals surface area contributed by atoms with Gasteiger partial charge in [-0.25, -0.2) is 5.21 Å². The molecule has 3 aromatic rings. The van der Waals surface area contributed by atoms with E-state index in [1.54, 1.807) is 24.3 Å². The number of benzene rings is 3. The van der Waals surface area contributed by atoms with Gasteiger partial charge in [0, 0.05) is 17.8 Å². The number of non-ortho nitro benzene ring substituents is 1. The van der Waals surface area contributed by atoms with Crippen LogP contribution < -0.4 is 10.1 Å².